The largest absolute Gasteiger partial charge is 0.496 e. The first kappa shape index (κ1) is 21.1. The number of ether oxygens (including phenoxy) is 1. The van der Waals surface area contributed by atoms with Crippen molar-refractivity contribution in [1.29, 1.82) is 0 Å². The third-order valence-electron chi connectivity index (χ3n) is 4.38. The summed E-state index contributed by atoms with van der Waals surface area (Å²) in [6, 6.07) is 17.7. The second-order valence-corrected chi connectivity index (χ2v) is 8.19. The first-order valence-electron chi connectivity index (χ1n) is 9.18. The minimum atomic E-state index is -0.329. The summed E-state index contributed by atoms with van der Waals surface area (Å²) in [6.45, 7) is 0. The zero-order chi connectivity index (χ0) is 21.8. The predicted molar refractivity (Wildman–Crippen MR) is 123 cm³/mol. The molecule has 0 spiro atoms. The summed E-state index contributed by atoms with van der Waals surface area (Å²) < 4.78 is 34.7. The van der Waals surface area contributed by atoms with Crippen LogP contribution in [0.5, 0.6) is 5.75 Å². The Kier molecular flexibility index (Phi) is 6.39. The summed E-state index contributed by atoms with van der Waals surface area (Å²) in [4.78, 5) is 5.18. The zero-order valence-corrected chi connectivity index (χ0v) is 18.7. The van der Waals surface area contributed by atoms with Crippen molar-refractivity contribution in [2.75, 3.05) is 7.11 Å². The highest BCUT2D eigenvalue weighted by molar-refractivity contribution is 9.10. The van der Waals surface area contributed by atoms with Gasteiger partial charge in [0.25, 0.3) is 0 Å². The van der Waals surface area contributed by atoms with Crippen LogP contribution in [0.1, 0.15) is 5.56 Å². The third kappa shape index (κ3) is 4.98. The molecular formula is C23H16BrF2N3OS. The smallest absolute Gasteiger partial charge is 0.211 e. The number of methoxy groups -OCH3 is 1. The van der Waals surface area contributed by atoms with E-state index < -0.39 is 0 Å². The van der Waals surface area contributed by atoms with E-state index >= 15 is 0 Å². The van der Waals surface area contributed by atoms with Crippen molar-refractivity contribution in [3.63, 3.8) is 0 Å². The SMILES string of the molecule is COc1ccc(Br)cc1/C=N\n1c(-c2ccc(F)cc2)csc1=Nc1ccc(F)cc1. The fraction of sp³-hybridized carbons (Fsp3) is 0.0435. The highest BCUT2D eigenvalue weighted by Crippen LogP contribution is 2.24. The van der Waals surface area contributed by atoms with Gasteiger partial charge in [0.1, 0.15) is 17.4 Å². The van der Waals surface area contributed by atoms with Crippen LogP contribution in [0, 0.1) is 11.6 Å². The first-order chi connectivity index (χ1) is 15.0. The Bertz CT molecular complexity index is 1300. The number of rotatable bonds is 5. The Balaban J connectivity index is 1.85. The Morgan fingerprint density at radius 1 is 0.968 bits per heavy atom. The maximum absolute atomic E-state index is 13.4. The molecule has 0 saturated heterocycles. The average molecular weight is 500 g/mol. The second-order valence-electron chi connectivity index (χ2n) is 6.44. The minimum Gasteiger partial charge on any atom is -0.496 e. The third-order valence-corrected chi connectivity index (χ3v) is 5.69. The lowest BCUT2D eigenvalue weighted by atomic mass is 10.2. The number of aromatic nitrogens is 1. The molecule has 4 rings (SSSR count). The van der Waals surface area contributed by atoms with Crippen molar-refractivity contribution in [3.8, 4) is 17.0 Å². The summed E-state index contributed by atoms with van der Waals surface area (Å²) in [5.74, 6) is 0.0250. The van der Waals surface area contributed by atoms with Gasteiger partial charge in [0.15, 0.2) is 0 Å². The first-order valence-corrected chi connectivity index (χ1v) is 10.9. The van der Waals surface area contributed by atoms with Crippen LogP contribution in [0.3, 0.4) is 0 Å². The maximum Gasteiger partial charge on any atom is 0.211 e. The van der Waals surface area contributed by atoms with Crippen molar-refractivity contribution < 1.29 is 13.5 Å². The monoisotopic (exact) mass is 499 g/mol. The van der Waals surface area contributed by atoms with Crippen LogP contribution in [0.4, 0.5) is 14.5 Å². The van der Waals surface area contributed by atoms with E-state index in [-0.39, 0.29) is 11.6 Å². The molecule has 0 aliphatic rings. The quantitative estimate of drug-likeness (QED) is 0.293. The van der Waals surface area contributed by atoms with Crippen molar-refractivity contribution >= 4 is 39.2 Å². The molecule has 0 fully saturated rings. The van der Waals surface area contributed by atoms with Gasteiger partial charge in [-0.1, -0.05) is 15.9 Å². The zero-order valence-electron chi connectivity index (χ0n) is 16.3. The highest BCUT2D eigenvalue weighted by Gasteiger charge is 2.09. The van der Waals surface area contributed by atoms with Gasteiger partial charge in [-0.05, 0) is 66.7 Å². The molecule has 156 valence electrons. The van der Waals surface area contributed by atoms with Crippen LogP contribution in [0.2, 0.25) is 0 Å². The lowest BCUT2D eigenvalue weighted by Gasteiger charge is -2.06. The Hall–Kier alpha value is -3.10. The molecule has 0 aliphatic carbocycles. The molecule has 0 N–H and O–H groups in total. The van der Waals surface area contributed by atoms with E-state index in [1.54, 1.807) is 42.3 Å². The fourth-order valence-corrected chi connectivity index (χ4v) is 4.09. The van der Waals surface area contributed by atoms with Crippen molar-refractivity contribution in [3.05, 3.63) is 98.6 Å². The number of thiazole rings is 1. The number of benzene rings is 3. The fourth-order valence-electron chi connectivity index (χ4n) is 2.86. The lowest BCUT2D eigenvalue weighted by molar-refractivity contribution is 0.414. The van der Waals surface area contributed by atoms with E-state index in [0.717, 1.165) is 21.3 Å². The summed E-state index contributed by atoms with van der Waals surface area (Å²) >= 11 is 4.84. The van der Waals surface area contributed by atoms with Crippen LogP contribution >= 0.6 is 27.3 Å². The van der Waals surface area contributed by atoms with E-state index in [0.29, 0.717) is 16.2 Å². The van der Waals surface area contributed by atoms with E-state index in [1.807, 2.05) is 23.6 Å². The van der Waals surface area contributed by atoms with Gasteiger partial charge in [-0.3, -0.25) is 0 Å². The number of nitrogens with zero attached hydrogens (tertiary/aromatic N) is 3. The topological polar surface area (TPSA) is 38.9 Å². The van der Waals surface area contributed by atoms with E-state index in [9.17, 15) is 8.78 Å². The van der Waals surface area contributed by atoms with Gasteiger partial charge < -0.3 is 4.74 Å². The Morgan fingerprint density at radius 3 is 2.32 bits per heavy atom. The van der Waals surface area contributed by atoms with Gasteiger partial charge in [0.05, 0.1) is 24.7 Å². The molecule has 0 unspecified atom stereocenters. The normalized spacial score (nSPS) is 11.9. The molecule has 0 radical (unpaired) electrons. The highest BCUT2D eigenvalue weighted by atomic mass is 79.9. The second kappa shape index (κ2) is 9.36. The lowest BCUT2D eigenvalue weighted by Crippen LogP contribution is -2.11. The summed E-state index contributed by atoms with van der Waals surface area (Å²) in [7, 11) is 1.59. The van der Waals surface area contributed by atoms with Crippen LogP contribution in [0.15, 0.2) is 86.7 Å². The minimum absolute atomic E-state index is 0.316. The Morgan fingerprint density at radius 2 is 1.65 bits per heavy atom. The Labute approximate surface area is 189 Å². The molecule has 1 heterocycles. The van der Waals surface area contributed by atoms with Crippen molar-refractivity contribution in [2.24, 2.45) is 10.1 Å². The maximum atomic E-state index is 13.4. The van der Waals surface area contributed by atoms with Gasteiger partial charge in [0.2, 0.25) is 4.80 Å². The summed E-state index contributed by atoms with van der Waals surface area (Å²) in [6.07, 6.45) is 1.67. The standard InChI is InChI=1S/C23H16BrF2N3OS/c1-30-22-11-4-17(24)12-16(22)13-27-29-21(15-2-5-18(25)6-3-15)14-31-23(29)28-20-9-7-19(26)8-10-20/h2-14H,1H3/b27-13-,28-23?. The van der Waals surface area contributed by atoms with Crippen LogP contribution in [-0.2, 0) is 0 Å². The molecule has 0 aliphatic heterocycles. The molecule has 4 nitrogen and oxygen atoms in total. The van der Waals surface area contributed by atoms with Crippen LogP contribution < -0.4 is 9.54 Å². The molecule has 31 heavy (non-hydrogen) atoms. The average Bonchev–Trinajstić information content (AvgIpc) is 3.17. The molecule has 4 aromatic rings. The number of halogens is 3. The molecule has 1 aromatic heterocycles. The van der Waals surface area contributed by atoms with Gasteiger partial charge in [0, 0.05) is 21.0 Å². The van der Waals surface area contributed by atoms with Crippen molar-refractivity contribution in [2.45, 2.75) is 0 Å². The summed E-state index contributed by atoms with van der Waals surface area (Å²) in [5, 5.41) is 6.53. The number of hydrogen-bond acceptors (Lipinski definition) is 4. The van der Waals surface area contributed by atoms with Crippen molar-refractivity contribution in [1.82, 2.24) is 4.68 Å². The van der Waals surface area contributed by atoms with Gasteiger partial charge >= 0.3 is 0 Å². The molecule has 0 saturated carbocycles. The molecule has 3 aromatic carbocycles. The van der Waals surface area contributed by atoms with E-state index in [2.05, 4.69) is 26.0 Å². The molecule has 0 amide bonds. The molecule has 0 atom stereocenters. The molecule has 0 bridgehead atoms. The van der Waals surface area contributed by atoms with Crippen LogP contribution in [-0.4, -0.2) is 18.0 Å². The van der Waals surface area contributed by atoms with E-state index in [1.165, 1.54) is 35.6 Å². The van der Waals surface area contributed by atoms with Crippen LogP contribution in [0.25, 0.3) is 11.3 Å². The summed E-state index contributed by atoms with van der Waals surface area (Å²) in [5.41, 5.74) is 2.90. The van der Waals surface area contributed by atoms with Gasteiger partial charge in [-0.25, -0.2) is 18.4 Å². The molecular weight excluding hydrogens is 484 g/mol. The predicted octanol–water partition coefficient (Wildman–Crippen LogP) is 6.38. The number of hydrogen-bond donors (Lipinski definition) is 0. The van der Waals surface area contributed by atoms with E-state index in [4.69, 9.17) is 4.74 Å². The van der Waals surface area contributed by atoms with Gasteiger partial charge in [-0.15, -0.1) is 11.3 Å². The molecule has 8 heteroatoms. The van der Waals surface area contributed by atoms with Gasteiger partial charge in [-0.2, -0.15) is 5.10 Å².